The maximum Gasteiger partial charge on any atom is 0.159 e. The molecular weight excluding hydrogens is 741 g/mol. The van der Waals surface area contributed by atoms with Crippen LogP contribution in [0.15, 0.2) is 84.9 Å². The van der Waals surface area contributed by atoms with E-state index in [9.17, 15) is 17.6 Å². The molecule has 2 saturated carbocycles. The smallest absolute Gasteiger partial charge is 0.159 e. The minimum atomic E-state index is -0.842. The Labute approximate surface area is 353 Å². The molecule has 0 aromatic heterocycles. The molecule has 0 amide bonds. The fourth-order valence-corrected chi connectivity index (χ4v) is 10.1. The van der Waals surface area contributed by atoms with E-state index in [1.807, 2.05) is 24.3 Å². The van der Waals surface area contributed by atoms with Crippen LogP contribution in [-0.2, 0) is 4.74 Å². The zero-order chi connectivity index (χ0) is 41.4. The number of benzene rings is 4. The van der Waals surface area contributed by atoms with Crippen LogP contribution >= 0.6 is 0 Å². The molecule has 2 aliphatic rings. The average molecular weight is 811 g/mol. The molecule has 59 heavy (non-hydrogen) atoms. The molecule has 1 nitrogen and oxygen atoms in total. The van der Waals surface area contributed by atoms with E-state index in [4.69, 9.17) is 4.74 Å². The van der Waals surface area contributed by atoms with Gasteiger partial charge >= 0.3 is 0 Å². The predicted octanol–water partition coefficient (Wildman–Crippen LogP) is 17.5. The van der Waals surface area contributed by atoms with Crippen LogP contribution < -0.4 is 0 Å². The Balaban J connectivity index is 1.23. The van der Waals surface area contributed by atoms with E-state index < -0.39 is 23.3 Å². The molecule has 0 N–H and O–H groups in total. The maximum atomic E-state index is 14.2. The van der Waals surface area contributed by atoms with E-state index in [1.54, 1.807) is 12.1 Å². The molecule has 2 atom stereocenters. The van der Waals surface area contributed by atoms with Crippen LogP contribution in [-0.4, -0.2) is 0 Å². The van der Waals surface area contributed by atoms with Gasteiger partial charge in [0.25, 0.3) is 0 Å². The van der Waals surface area contributed by atoms with Crippen LogP contribution in [0.3, 0.4) is 0 Å². The summed E-state index contributed by atoms with van der Waals surface area (Å²) in [7, 11) is 0. The van der Waals surface area contributed by atoms with Crippen LogP contribution in [0.5, 0.6) is 0 Å². The van der Waals surface area contributed by atoms with E-state index in [2.05, 4.69) is 38.1 Å². The summed E-state index contributed by atoms with van der Waals surface area (Å²) in [5.41, 5.74) is 5.27. The first kappa shape index (κ1) is 45.1. The van der Waals surface area contributed by atoms with Gasteiger partial charge in [0.05, 0.1) is 12.2 Å². The van der Waals surface area contributed by atoms with Gasteiger partial charge in [-0.2, -0.15) is 0 Å². The quantitative estimate of drug-likeness (QED) is 0.0567. The molecule has 0 heterocycles. The third kappa shape index (κ3) is 13.3. The lowest BCUT2D eigenvalue weighted by Gasteiger charge is -2.40. The lowest BCUT2D eigenvalue weighted by molar-refractivity contribution is -0.0907. The molecule has 0 saturated heterocycles. The molecule has 2 fully saturated rings. The minimum absolute atomic E-state index is 0.110. The van der Waals surface area contributed by atoms with Crippen LogP contribution in [0.2, 0.25) is 0 Å². The van der Waals surface area contributed by atoms with Gasteiger partial charge in [0.15, 0.2) is 23.3 Å². The number of ether oxygens (including phenoxy) is 1. The third-order valence-corrected chi connectivity index (χ3v) is 13.8. The normalized spacial score (nSPS) is 20.7. The Morgan fingerprint density at radius 2 is 0.746 bits per heavy atom. The molecule has 4 aromatic rings. The molecule has 6 rings (SSSR count). The van der Waals surface area contributed by atoms with Crippen molar-refractivity contribution in [1.29, 1.82) is 0 Å². The van der Waals surface area contributed by atoms with E-state index in [0.717, 1.165) is 59.8 Å². The fourth-order valence-electron chi connectivity index (χ4n) is 10.1. The topological polar surface area (TPSA) is 9.23 Å². The Morgan fingerprint density at radius 1 is 0.407 bits per heavy atom. The summed E-state index contributed by atoms with van der Waals surface area (Å²) in [6.07, 6.45) is 27.8. The Kier molecular flexibility index (Phi) is 18.0. The summed E-state index contributed by atoms with van der Waals surface area (Å²) in [6, 6.07) is 24.9. The van der Waals surface area contributed by atoms with E-state index in [0.29, 0.717) is 23.0 Å². The minimum Gasteiger partial charge on any atom is -0.365 e. The summed E-state index contributed by atoms with van der Waals surface area (Å²) in [5.74, 6) is -1.07. The SMILES string of the molecule is CCCCCCCCC1CCC(C(OC(c2ccc(-c3ccc(F)c(F)c3)cc2)C2CCC(CCCCCCCC)CC2)c2ccc(-c3ccc(F)c(F)c3)cc2)CC1. The van der Waals surface area contributed by atoms with E-state index in [1.165, 1.54) is 140 Å². The van der Waals surface area contributed by atoms with Gasteiger partial charge in [0, 0.05) is 0 Å². The molecule has 5 heteroatoms. The lowest BCUT2D eigenvalue weighted by atomic mass is 9.74. The van der Waals surface area contributed by atoms with Crippen molar-refractivity contribution in [2.45, 2.75) is 167 Å². The van der Waals surface area contributed by atoms with Crippen LogP contribution in [0.4, 0.5) is 17.6 Å². The van der Waals surface area contributed by atoms with E-state index in [-0.39, 0.29) is 12.2 Å². The molecule has 0 bridgehead atoms. The van der Waals surface area contributed by atoms with Gasteiger partial charge in [-0.1, -0.05) is 190 Å². The zero-order valence-corrected chi connectivity index (χ0v) is 36.0. The fraction of sp³-hybridized carbons (Fsp3) is 0.556. The number of hydrogen-bond acceptors (Lipinski definition) is 1. The summed E-state index contributed by atoms with van der Waals surface area (Å²) in [6.45, 7) is 4.55. The number of halogens is 4. The van der Waals surface area contributed by atoms with Crippen molar-refractivity contribution < 1.29 is 22.3 Å². The van der Waals surface area contributed by atoms with Gasteiger partial charge in [-0.15, -0.1) is 0 Å². The Hall–Kier alpha value is -3.44. The largest absolute Gasteiger partial charge is 0.365 e. The van der Waals surface area contributed by atoms with Crippen molar-refractivity contribution in [3.8, 4) is 22.3 Å². The van der Waals surface area contributed by atoms with E-state index >= 15 is 0 Å². The van der Waals surface area contributed by atoms with Crippen molar-refractivity contribution >= 4 is 0 Å². The van der Waals surface area contributed by atoms with Crippen molar-refractivity contribution in [2.24, 2.45) is 23.7 Å². The van der Waals surface area contributed by atoms with Gasteiger partial charge in [0.2, 0.25) is 0 Å². The highest BCUT2D eigenvalue weighted by Crippen LogP contribution is 2.48. The maximum absolute atomic E-state index is 14.2. The monoisotopic (exact) mass is 811 g/mol. The second-order valence-electron chi connectivity index (χ2n) is 18.2. The first-order valence-corrected chi connectivity index (χ1v) is 23.6. The highest BCUT2D eigenvalue weighted by molar-refractivity contribution is 5.64. The highest BCUT2D eigenvalue weighted by atomic mass is 19.2. The predicted molar refractivity (Wildman–Crippen MR) is 237 cm³/mol. The molecule has 0 radical (unpaired) electrons. The number of rotatable bonds is 22. The van der Waals surface area contributed by atoms with Gasteiger partial charge in [-0.05, 0) is 107 Å². The van der Waals surface area contributed by atoms with Gasteiger partial charge in [-0.25, -0.2) is 17.6 Å². The standard InChI is InChI=1S/C54H70F4O/c1-3-5-7-9-11-13-15-39-17-21-43(22-18-39)53(45-29-25-41(26-30-45)47-33-35-49(55)51(57)37-47)59-54(44-23-19-40(20-24-44)16-14-12-10-8-6-4-2)46-31-27-42(28-32-46)48-34-36-50(56)52(58)38-48/h25-40,43-44,53-54H,3-24H2,1-2H3. The van der Waals surface area contributed by atoms with Crippen LogP contribution in [0.1, 0.15) is 178 Å². The van der Waals surface area contributed by atoms with Crippen molar-refractivity contribution in [3.63, 3.8) is 0 Å². The molecule has 2 unspecified atom stereocenters. The van der Waals surface area contributed by atoms with Crippen molar-refractivity contribution in [1.82, 2.24) is 0 Å². The van der Waals surface area contributed by atoms with Gasteiger partial charge < -0.3 is 4.74 Å². The molecule has 320 valence electrons. The Morgan fingerprint density at radius 3 is 1.10 bits per heavy atom. The first-order valence-electron chi connectivity index (χ1n) is 23.6. The second kappa shape index (κ2) is 23.5. The molecule has 4 aromatic carbocycles. The number of hydrogen-bond donors (Lipinski definition) is 0. The average Bonchev–Trinajstić information content (AvgIpc) is 3.26. The first-order chi connectivity index (χ1) is 28.8. The van der Waals surface area contributed by atoms with Crippen molar-refractivity contribution in [2.75, 3.05) is 0 Å². The molecule has 2 aliphatic carbocycles. The van der Waals surface area contributed by atoms with Crippen LogP contribution in [0, 0.1) is 46.9 Å². The van der Waals surface area contributed by atoms with Crippen molar-refractivity contribution in [3.05, 3.63) is 119 Å². The summed E-state index contributed by atoms with van der Waals surface area (Å²) in [5, 5.41) is 0. The lowest BCUT2D eigenvalue weighted by Crippen LogP contribution is -2.28. The molecule has 0 spiro atoms. The Bertz CT molecular complexity index is 1670. The van der Waals surface area contributed by atoms with Crippen LogP contribution in [0.25, 0.3) is 22.3 Å². The summed E-state index contributed by atoms with van der Waals surface area (Å²) >= 11 is 0. The highest BCUT2D eigenvalue weighted by Gasteiger charge is 2.36. The summed E-state index contributed by atoms with van der Waals surface area (Å²) < 4.78 is 63.7. The number of unbranched alkanes of at least 4 members (excludes halogenated alkanes) is 10. The van der Waals surface area contributed by atoms with Gasteiger partial charge in [-0.3, -0.25) is 0 Å². The van der Waals surface area contributed by atoms with Gasteiger partial charge in [0.1, 0.15) is 0 Å². The molecule has 0 aliphatic heterocycles. The third-order valence-electron chi connectivity index (χ3n) is 13.8. The zero-order valence-electron chi connectivity index (χ0n) is 36.0. The summed E-state index contributed by atoms with van der Waals surface area (Å²) in [4.78, 5) is 0. The second-order valence-corrected chi connectivity index (χ2v) is 18.2. The molecular formula is C54H70F4O.